The van der Waals surface area contributed by atoms with Gasteiger partial charge in [0.1, 0.15) is 0 Å². The first kappa shape index (κ1) is 57.7. The van der Waals surface area contributed by atoms with Gasteiger partial charge in [-0.05, 0) is 158 Å². The van der Waals surface area contributed by atoms with E-state index < -0.39 is 0 Å². The summed E-state index contributed by atoms with van der Waals surface area (Å²) in [5.41, 5.74) is 29.7. The maximum Gasteiger partial charge on any atom is 0.249 e. The van der Waals surface area contributed by atoms with Crippen molar-refractivity contribution in [3.8, 4) is 33.4 Å². The van der Waals surface area contributed by atoms with Crippen LogP contribution in [0.4, 0.5) is 68.2 Å². The Labute approximate surface area is 572 Å². The molecule has 0 radical (unpaired) electrons. The van der Waals surface area contributed by atoms with Crippen LogP contribution in [0.3, 0.4) is 0 Å². The average molecular weight is 1260 g/mol. The molecule has 4 nitrogen and oxygen atoms in total. The molecule has 14 aromatic rings. The molecule has 0 bridgehead atoms. The van der Waals surface area contributed by atoms with Gasteiger partial charge in [-0.3, -0.25) is 0 Å². The zero-order chi connectivity index (χ0) is 64.0. The Morgan fingerprint density at radius 3 is 1.41 bits per heavy atom. The first-order chi connectivity index (χ1) is 47.3. The van der Waals surface area contributed by atoms with Crippen LogP contribution in [-0.4, -0.2) is 13.4 Å². The third-order valence-electron chi connectivity index (χ3n) is 19.7. The maximum absolute atomic E-state index is 2.65. The molecule has 0 fully saturated rings. The van der Waals surface area contributed by atoms with Gasteiger partial charge in [0, 0.05) is 87.6 Å². The van der Waals surface area contributed by atoms with Crippen molar-refractivity contribution in [3.63, 3.8) is 0 Å². The number of fused-ring (bicyclic) bond motifs is 8. The molecule has 454 valence electrons. The highest BCUT2D eigenvalue weighted by atomic mass is 32.2. The van der Waals surface area contributed by atoms with E-state index in [0.717, 1.165) is 56.6 Å². The Morgan fingerprint density at radius 1 is 0.281 bits per heavy atom. The van der Waals surface area contributed by atoms with Gasteiger partial charge < -0.3 is 19.6 Å². The van der Waals surface area contributed by atoms with Gasteiger partial charge in [-0.2, -0.15) is 0 Å². The first-order valence-electron chi connectivity index (χ1n) is 33.2. The Kier molecular flexibility index (Phi) is 14.2. The Hall–Kier alpha value is -10.9. The lowest BCUT2D eigenvalue weighted by molar-refractivity contribution is 0.590. The van der Waals surface area contributed by atoms with Crippen molar-refractivity contribution in [2.75, 3.05) is 19.6 Å². The molecule has 0 spiro atoms. The molecule has 0 N–H and O–H groups in total. The van der Waals surface area contributed by atoms with Crippen LogP contribution in [0.2, 0.25) is 0 Å². The molecular formula is C88H64B2N4S2. The van der Waals surface area contributed by atoms with Crippen molar-refractivity contribution >= 4 is 138 Å². The smallest absolute Gasteiger partial charge is 0.249 e. The molecule has 8 heteroatoms. The monoisotopic (exact) mass is 1260 g/mol. The van der Waals surface area contributed by atoms with Gasteiger partial charge in [-0.1, -0.05) is 286 Å². The SMILES string of the molecule is CC(C)(C)c1ccc(-c2ccccc2N2c3cc4c(cc3B3c5ccccc5Sc5cc(N(c6ccccc6)c6ccccc6)cc2c53)B2c3ccccc3N(c3ccccc3)c3cc(N(c5ccc(-c6ccccc6)cc5)c5ccccc5-c5ccccc5)cc(c32)S4)cc1. The first-order valence-corrected chi connectivity index (χ1v) is 34.8. The topological polar surface area (TPSA) is 13.0 Å². The number of benzene rings is 14. The van der Waals surface area contributed by atoms with Gasteiger partial charge >= 0.3 is 0 Å². The van der Waals surface area contributed by atoms with Gasteiger partial charge in [-0.15, -0.1) is 0 Å². The number of para-hydroxylation sites is 6. The Bertz CT molecular complexity index is 5260. The van der Waals surface area contributed by atoms with E-state index in [9.17, 15) is 0 Å². The van der Waals surface area contributed by atoms with Crippen LogP contribution in [0.5, 0.6) is 0 Å². The summed E-state index contributed by atoms with van der Waals surface area (Å²) in [6.07, 6.45) is 0. The summed E-state index contributed by atoms with van der Waals surface area (Å²) in [5, 5.41) is 0. The second-order valence-corrected chi connectivity index (χ2v) is 28.5. The summed E-state index contributed by atoms with van der Waals surface area (Å²) in [5.74, 6) is 0. The van der Waals surface area contributed by atoms with Gasteiger partial charge in [0.15, 0.2) is 0 Å². The van der Waals surface area contributed by atoms with Gasteiger partial charge in [-0.25, -0.2) is 0 Å². The third kappa shape index (κ3) is 9.80. The number of nitrogens with zero attached hydrogens (tertiary/aromatic N) is 4. The predicted octanol–water partition coefficient (Wildman–Crippen LogP) is 20.5. The highest BCUT2D eigenvalue weighted by Crippen LogP contribution is 2.52. The number of rotatable bonds is 11. The van der Waals surface area contributed by atoms with Gasteiger partial charge in [0.25, 0.3) is 0 Å². The summed E-state index contributed by atoms with van der Waals surface area (Å²) < 4.78 is 0. The fourth-order valence-corrected chi connectivity index (χ4v) is 17.7. The average Bonchev–Trinajstić information content (AvgIpc) is 0.694. The van der Waals surface area contributed by atoms with E-state index in [1.54, 1.807) is 0 Å². The van der Waals surface area contributed by atoms with E-state index in [-0.39, 0.29) is 18.8 Å². The summed E-state index contributed by atoms with van der Waals surface area (Å²) in [6, 6.07) is 124. The van der Waals surface area contributed by atoms with Crippen molar-refractivity contribution in [3.05, 3.63) is 339 Å². The lowest BCUT2D eigenvalue weighted by Crippen LogP contribution is -2.64. The molecule has 0 unspecified atom stereocenters. The van der Waals surface area contributed by atoms with E-state index in [1.165, 1.54) is 103 Å². The lowest BCUT2D eigenvalue weighted by Gasteiger charge is -2.44. The zero-order valence-electron chi connectivity index (χ0n) is 53.5. The second-order valence-electron chi connectivity index (χ2n) is 26.4. The summed E-state index contributed by atoms with van der Waals surface area (Å²) in [4.78, 5) is 15.1. The van der Waals surface area contributed by atoms with Gasteiger partial charge in [0.05, 0.1) is 11.4 Å². The van der Waals surface area contributed by atoms with Crippen LogP contribution in [-0.2, 0) is 5.41 Å². The Balaban J connectivity index is 0.904. The fraction of sp³-hybridized carbons (Fsp3) is 0.0455. The molecular weight excluding hydrogens is 1200 g/mol. The number of hydrogen-bond donors (Lipinski definition) is 0. The normalized spacial score (nSPS) is 13.0. The highest BCUT2D eigenvalue weighted by Gasteiger charge is 2.47. The predicted molar refractivity (Wildman–Crippen MR) is 411 cm³/mol. The minimum absolute atomic E-state index is 0.00434. The van der Waals surface area contributed by atoms with Crippen LogP contribution in [0.1, 0.15) is 26.3 Å². The molecule has 0 saturated carbocycles. The molecule has 4 aliphatic rings. The lowest BCUT2D eigenvalue weighted by atomic mass is 9.31. The van der Waals surface area contributed by atoms with E-state index >= 15 is 0 Å². The van der Waals surface area contributed by atoms with Crippen LogP contribution in [0.15, 0.2) is 353 Å². The van der Waals surface area contributed by atoms with Crippen molar-refractivity contribution in [1.82, 2.24) is 0 Å². The minimum atomic E-state index is -0.0965. The second kappa shape index (κ2) is 23.5. The molecule has 0 aliphatic carbocycles. The molecule has 14 aromatic carbocycles. The number of anilines is 12. The zero-order valence-corrected chi connectivity index (χ0v) is 55.1. The van der Waals surface area contributed by atoms with Crippen LogP contribution >= 0.6 is 23.5 Å². The summed E-state index contributed by atoms with van der Waals surface area (Å²) in [7, 11) is 0. The molecule has 0 amide bonds. The van der Waals surface area contributed by atoms with Crippen LogP contribution in [0, 0.1) is 0 Å². The molecule has 96 heavy (non-hydrogen) atoms. The standard InChI is InChI=1S/C88H64B2N4S2/c1-88(2,3)63-49-45-62(46-50-63)71-38-20-24-42-77(71)94-79-58-83-75(57-74(79)90-73-40-22-26-44-82(73)95-84-55-68(53-81(94)87(84)90)91(64-31-13-6-14-32-64)65-33-15-7-16-34-65)89-72-39-21-25-43-78(72)93(66-35-17-8-18-36-66)80-54-69(56-85(96-83)86(80)89)92(67-51-47-60(48-52-67)59-27-9-4-10-28-59)76-41-23-19-37-70(76)61-29-11-5-12-30-61/h4-58H,1-3H3. The minimum Gasteiger partial charge on any atom is -0.311 e. The molecule has 0 aromatic heterocycles. The largest absolute Gasteiger partial charge is 0.311 e. The van der Waals surface area contributed by atoms with Crippen molar-refractivity contribution in [2.24, 2.45) is 0 Å². The van der Waals surface area contributed by atoms with Crippen molar-refractivity contribution in [2.45, 2.75) is 45.8 Å². The van der Waals surface area contributed by atoms with E-state index in [4.69, 9.17) is 0 Å². The molecule has 0 atom stereocenters. The molecule has 18 rings (SSSR count). The van der Waals surface area contributed by atoms with Crippen molar-refractivity contribution in [1.29, 1.82) is 0 Å². The third-order valence-corrected chi connectivity index (χ3v) is 22.0. The van der Waals surface area contributed by atoms with E-state index in [1.807, 2.05) is 23.5 Å². The highest BCUT2D eigenvalue weighted by molar-refractivity contribution is 8.00. The quantitative estimate of drug-likeness (QED) is 0.119. The Morgan fingerprint density at radius 2 is 0.750 bits per heavy atom. The van der Waals surface area contributed by atoms with Crippen LogP contribution < -0.4 is 52.4 Å². The molecule has 0 saturated heterocycles. The molecule has 4 heterocycles. The fourth-order valence-electron chi connectivity index (χ4n) is 15.3. The van der Waals surface area contributed by atoms with Crippen LogP contribution in [0.25, 0.3) is 33.4 Å². The number of hydrogen-bond acceptors (Lipinski definition) is 6. The van der Waals surface area contributed by atoms with Gasteiger partial charge in [0.2, 0.25) is 13.4 Å². The molecule has 4 aliphatic heterocycles. The summed E-state index contributed by atoms with van der Waals surface area (Å²) in [6.45, 7) is 6.73. The summed E-state index contributed by atoms with van der Waals surface area (Å²) >= 11 is 3.83. The maximum atomic E-state index is 2.65. The van der Waals surface area contributed by atoms with E-state index in [2.05, 4.69) is 374 Å². The van der Waals surface area contributed by atoms with Crippen molar-refractivity contribution < 1.29 is 0 Å². The van der Waals surface area contributed by atoms with E-state index in [0.29, 0.717) is 0 Å².